The van der Waals surface area contributed by atoms with Crippen LogP contribution in [0.5, 0.6) is 0 Å². The summed E-state index contributed by atoms with van der Waals surface area (Å²) in [6, 6.07) is 3.11. The Morgan fingerprint density at radius 1 is 1.44 bits per heavy atom. The Morgan fingerprint density at radius 2 is 2.12 bits per heavy atom. The molecule has 6 heteroatoms. The fourth-order valence-electron chi connectivity index (χ4n) is 1.16. The molecule has 0 spiro atoms. The Balaban J connectivity index is 2.50. The van der Waals surface area contributed by atoms with Gasteiger partial charge in [0.15, 0.2) is 5.78 Å². The van der Waals surface area contributed by atoms with E-state index in [9.17, 15) is 13.2 Å². The summed E-state index contributed by atoms with van der Waals surface area (Å²) in [4.78, 5) is 15.4. The van der Waals surface area contributed by atoms with Gasteiger partial charge in [-0.05, 0) is 18.6 Å². The van der Waals surface area contributed by atoms with E-state index < -0.39 is 9.84 Å². The van der Waals surface area contributed by atoms with Crippen molar-refractivity contribution in [2.45, 2.75) is 12.8 Å². The summed E-state index contributed by atoms with van der Waals surface area (Å²) in [6.45, 7) is 0. The number of sulfone groups is 1. The maximum Gasteiger partial charge on any atom is 0.181 e. The predicted molar refractivity (Wildman–Crippen MR) is 62.5 cm³/mol. The van der Waals surface area contributed by atoms with Gasteiger partial charge in [0.25, 0.3) is 0 Å². The Kier molecular flexibility index (Phi) is 4.44. The third-order valence-electron chi connectivity index (χ3n) is 1.93. The molecule has 1 aromatic heterocycles. The van der Waals surface area contributed by atoms with Gasteiger partial charge in [-0.3, -0.25) is 9.78 Å². The normalized spacial score (nSPS) is 11.4. The van der Waals surface area contributed by atoms with Crippen LogP contribution >= 0.6 is 11.6 Å². The van der Waals surface area contributed by atoms with Gasteiger partial charge in [0.2, 0.25) is 0 Å². The van der Waals surface area contributed by atoms with Crippen molar-refractivity contribution in [2.24, 2.45) is 0 Å². The molecule has 0 fully saturated rings. The standard InChI is InChI=1S/C10H12ClNO3S/c1-16(14,15)6-2-3-10(13)9-5-4-8(11)7-12-9/h4-5,7H,2-3,6H2,1H3. The molecule has 0 aromatic carbocycles. The minimum absolute atomic E-state index is 0.0202. The number of rotatable bonds is 5. The molecule has 1 aromatic rings. The van der Waals surface area contributed by atoms with Crippen molar-refractivity contribution in [1.82, 2.24) is 4.98 Å². The Morgan fingerprint density at radius 3 is 2.62 bits per heavy atom. The summed E-state index contributed by atoms with van der Waals surface area (Å²) in [5.74, 6) is -0.146. The summed E-state index contributed by atoms with van der Waals surface area (Å²) in [5.41, 5.74) is 0.318. The van der Waals surface area contributed by atoms with E-state index in [0.717, 1.165) is 6.26 Å². The molecule has 0 aliphatic carbocycles. The summed E-state index contributed by atoms with van der Waals surface area (Å²) in [6.07, 6.45) is 3.05. The van der Waals surface area contributed by atoms with E-state index in [1.807, 2.05) is 0 Å². The quantitative estimate of drug-likeness (QED) is 0.758. The third kappa shape index (κ3) is 4.72. The van der Waals surface area contributed by atoms with Crippen LogP contribution in [0.3, 0.4) is 0 Å². The van der Waals surface area contributed by atoms with Crippen molar-refractivity contribution in [3.63, 3.8) is 0 Å². The van der Waals surface area contributed by atoms with Crippen molar-refractivity contribution in [3.8, 4) is 0 Å². The second kappa shape index (κ2) is 5.41. The smallest absolute Gasteiger partial charge is 0.181 e. The van der Waals surface area contributed by atoms with E-state index in [4.69, 9.17) is 11.6 Å². The predicted octanol–water partition coefficient (Wildman–Crippen LogP) is 1.74. The van der Waals surface area contributed by atoms with Gasteiger partial charge in [-0.15, -0.1) is 0 Å². The SMILES string of the molecule is CS(=O)(=O)CCCC(=O)c1ccc(Cl)cn1. The van der Waals surface area contributed by atoms with E-state index in [0.29, 0.717) is 17.1 Å². The van der Waals surface area contributed by atoms with Crippen LogP contribution in [-0.2, 0) is 9.84 Å². The molecule has 0 unspecified atom stereocenters. The van der Waals surface area contributed by atoms with Gasteiger partial charge in [0.05, 0.1) is 10.8 Å². The van der Waals surface area contributed by atoms with Crippen LogP contribution in [0, 0.1) is 0 Å². The Bertz CT molecular complexity index is 467. The van der Waals surface area contributed by atoms with Gasteiger partial charge in [-0.2, -0.15) is 0 Å². The molecule has 0 bridgehead atoms. The first-order valence-corrected chi connectivity index (χ1v) is 7.15. The first kappa shape index (κ1) is 13.1. The number of aromatic nitrogens is 1. The topological polar surface area (TPSA) is 64.1 Å². The zero-order valence-electron chi connectivity index (χ0n) is 8.81. The van der Waals surface area contributed by atoms with Gasteiger partial charge >= 0.3 is 0 Å². The monoisotopic (exact) mass is 261 g/mol. The maximum absolute atomic E-state index is 11.5. The van der Waals surface area contributed by atoms with Crippen LogP contribution < -0.4 is 0 Å². The molecule has 88 valence electrons. The zero-order valence-corrected chi connectivity index (χ0v) is 10.4. The molecule has 0 atom stereocenters. The van der Waals surface area contributed by atoms with Crippen molar-refractivity contribution >= 4 is 27.2 Å². The molecular weight excluding hydrogens is 250 g/mol. The molecule has 16 heavy (non-hydrogen) atoms. The molecule has 0 saturated heterocycles. The summed E-state index contributed by atoms with van der Waals surface area (Å²) in [7, 11) is -3.00. The molecule has 0 N–H and O–H groups in total. The second-order valence-corrected chi connectivity index (χ2v) is 6.21. The summed E-state index contributed by atoms with van der Waals surface area (Å²) < 4.78 is 21.7. The molecule has 0 saturated carbocycles. The highest BCUT2D eigenvalue weighted by atomic mass is 35.5. The van der Waals surface area contributed by atoms with E-state index in [-0.39, 0.29) is 18.0 Å². The lowest BCUT2D eigenvalue weighted by molar-refractivity contribution is 0.0977. The minimum atomic E-state index is -3.00. The number of pyridine rings is 1. The van der Waals surface area contributed by atoms with Crippen LogP contribution in [0.15, 0.2) is 18.3 Å². The number of hydrogen-bond acceptors (Lipinski definition) is 4. The third-order valence-corrected chi connectivity index (χ3v) is 3.19. The lowest BCUT2D eigenvalue weighted by Crippen LogP contribution is -2.07. The molecule has 0 aliphatic rings. The average Bonchev–Trinajstić information content (AvgIpc) is 2.16. The van der Waals surface area contributed by atoms with Crippen molar-refractivity contribution < 1.29 is 13.2 Å². The van der Waals surface area contributed by atoms with Gasteiger partial charge in [0, 0.05) is 18.9 Å². The number of ketones is 1. The van der Waals surface area contributed by atoms with Crippen molar-refractivity contribution in [1.29, 1.82) is 0 Å². The Labute approximate surface area is 99.6 Å². The highest BCUT2D eigenvalue weighted by Crippen LogP contribution is 2.08. The van der Waals surface area contributed by atoms with Crippen molar-refractivity contribution in [2.75, 3.05) is 12.0 Å². The van der Waals surface area contributed by atoms with E-state index in [1.54, 1.807) is 6.07 Å². The van der Waals surface area contributed by atoms with Crippen molar-refractivity contribution in [3.05, 3.63) is 29.0 Å². The van der Waals surface area contributed by atoms with E-state index in [1.165, 1.54) is 12.3 Å². The first-order valence-electron chi connectivity index (χ1n) is 4.71. The fraction of sp³-hybridized carbons (Fsp3) is 0.400. The average molecular weight is 262 g/mol. The molecule has 1 rings (SSSR count). The number of Topliss-reactive ketones (excluding diaryl/α,β-unsaturated/α-hetero) is 1. The fourth-order valence-corrected chi connectivity index (χ4v) is 1.94. The number of nitrogens with zero attached hydrogens (tertiary/aromatic N) is 1. The van der Waals surface area contributed by atoms with E-state index in [2.05, 4.69) is 4.98 Å². The van der Waals surface area contributed by atoms with Crippen LogP contribution in [0.2, 0.25) is 5.02 Å². The number of halogens is 1. The lowest BCUT2D eigenvalue weighted by atomic mass is 10.1. The molecule has 4 nitrogen and oxygen atoms in total. The maximum atomic E-state index is 11.5. The van der Waals surface area contributed by atoms with E-state index >= 15 is 0 Å². The van der Waals surface area contributed by atoms with Gasteiger partial charge in [-0.1, -0.05) is 11.6 Å². The molecule has 0 amide bonds. The van der Waals surface area contributed by atoms with Crippen LogP contribution in [0.4, 0.5) is 0 Å². The molecule has 1 heterocycles. The van der Waals surface area contributed by atoms with Crippen LogP contribution in [0.1, 0.15) is 23.3 Å². The summed E-state index contributed by atoms with van der Waals surface area (Å²) >= 11 is 5.63. The zero-order chi connectivity index (χ0) is 12.2. The number of carbonyl (C=O) groups excluding carboxylic acids is 1. The van der Waals surface area contributed by atoms with Gasteiger partial charge in [-0.25, -0.2) is 8.42 Å². The summed E-state index contributed by atoms with van der Waals surface area (Å²) in [5, 5.41) is 0.465. The molecular formula is C10H12ClNO3S. The number of carbonyl (C=O) groups is 1. The highest BCUT2D eigenvalue weighted by molar-refractivity contribution is 7.90. The molecule has 0 aliphatic heterocycles. The Hall–Kier alpha value is -0.940. The number of hydrogen-bond donors (Lipinski definition) is 0. The van der Waals surface area contributed by atoms with Gasteiger partial charge in [0.1, 0.15) is 15.5 Å². The second-order valence-electron chi connectivity index (χ2n) is 3.52. The lowest BCUT2D eigenvalue weighted by Gasteiger charge is -2.00. The van der Waals surface area contributed by atoms with Crippen LogP contribution in [-0.4, -0.2) is 31.2 Å². The largest absolute Gasteiger partial charge is 0.292 e. The minimum Gasteiger partial charge on any atom is -0.292 e. The van der Waals surface area contributed by atoms with Crippen LogP contribution in [0.25, 0.3) is 0 Å². The highest BCUT2D eigenvalue weighted by Gasteiger charge is 2.09. The first-order chi connectivity index (χ1) is 7.38. The molecule has 0 radical (unpaired) electrons. The van der Waals surface area contributed by atoms with Gasteiger partial charge < -0.3 is 0 Å².